The van der Waals surface area contributed by atoms with E-state index in [1.807, 2.05) is 18.2 Å². The number of rotatable bonds is 2. The van der Waals surface area contributed by atoms with Crippen molar-refractivity contribution in [2.24, 2.45) is 7.05 Å². The van der Waals surface area contributed by atoms with E-state index in [9.17, 15) is 0 Å². The summed E-state index contributed by atoms with van der Waals surface area (Å²) in [4.78, 5) is 0. The Morgan fingerprint density at radius 3 is 2.29 bits per heavy atom. The van der Waals surface area contributed by atoms with Gasteiger partial charge in [-0.15, -0.1) is 0 Å². The molecule has 0 radical (unpaired) electrons. The minimum absolute atomic E-state index is 1.11. The fourth-order valence-corrected chi connectivity index (χ4v) is 3.01. The molecule has 0 bridgehead atoms. The van der Waals surface area contributed by atoms with Crippen molar-refractivity contribution in [1.29, 1.82) is 0 Å². The molecule has 102 valence electrons. The van der Waals surface area contributed by atoms with E-state index in [0.717, 1.165) is 11.4 Å². The van der Waals surface area contributed by atoms with E-state index >= 15 is 0 Å². The van der Waals surface area contributed by atoms with Crippen molar-refractivity contribution in [3.8, 4) is 0 Å². The van der Waals surface area contributed by atoms with Gasteiger partial charge in [0.25, 0.3) is 0 Å². The Balaban J connectivity index is 1.98. The number of nitrogens with one attached hydrogen (secondary N) is 1. The molecule has 0 aliphatic rings. The van der Waals surface area contributed by atoms with E-state index in [2.05, 4.69) is 71.5 Å². The lowest BCUT2D eigenvalue weighted by molar-refractivity contribution is 1.01. The third-order valence-electron chi connectivity index (χ3n) is 3.98. The molecule has 2 heteroatoms. The first kappa shape index (κ1) is 12.0. The maximum Gasteiger partial charge on any atom is 0.0727 e. The fraction of sp³-hybridized carbons (Fsp3) is 0.0526. The summed E-state index contributed by atoms with van der Waals surface area (Å²) in [5.41, 5.74) is 4.74. The average molecular weight is 272 g/mol. The molecule has 0 amide bonds. The minimum atomic E-state index is 1.11. The highest BCUT2D eigenvalue weighted by atomic mass is 15.0. The SMILES string of the molecule is Cn1c2ccccc2c2cccc(Nc3ccccc3)c21. The highest BCUT2D eigenvalue weighted by Crippen LogP contribution is 2.33. The number of para-hydroxylation sites is 3. The highest BCUT2D eigenvalue weighted by molar-refractivity contribution is 6.12. The summed E-state index contributed by atoms with van der Waals surface area (Å²) in [6.07, 6.45) is 0. The molecule has 4 aromatic rings. The summed E-state index contributed by atoms with van der Waals surface area (Å²) in [6, 6.07) is 25.3. The monoisotopic (exact) mass is 272 g/mol. The van der Waals surface area contributed by atoms with Crippen LogP contribution in [-0.4, -0.2) is 4.57 Å². The fourth-order valence-electron chi connectivity index (χ4n) is 3.01. The molecule has 3 aromatic carbocycles. The van der Waals surface area contributed by atoms with Crippen molar-refractivity contribution in [3.63, 3.8) is 0 Å². The summed E-state index contributed by atoms with van der Waals surface area (Å²) < 4.78 is 2.26. The van der Waals surface area contributed by atoms with Crippen molar-refractivity contribution in [2.45, 2.75) is 0 Å². The molecule has 1 aromatic heterocycles. The van der Waals surface area contributed by atoms with Crippen LogP contribution in [0.4, 0.5) is 11.4 Å². The van der Waals surface area contributed by atoms with Gasteiger partial charge in [0.1, 0.15) is 0 Å². The maximum absolute atomic E-state index is 3.53. The standard InChI is InChI=1S/C19H16N2/c1-21-18-13-6-5-10-15(18)16-11-7-12-17(19(16)21)20-14-8-3-2-4-9-14/h2-13,20H,1H3. The van der Waals surface area contributed by atoms with E-state index in [4.69, 9.17) is 0 Å². The predicted octanol–water partition coefficient (Wildman–Crippen LogP) is 5.08. The Labute approximate surface area is 123 Å². The number of benzene rings is 3. The normalized spacial score (nSPS) is 11.1. The summed E-state index contributed by atoms with van der Waals surface area (Å²) in [7, 11) is 2.13. The Bertz CT molecular complexity index is 920. The van der Waals surface area contributed by atoms with E-state index in [1.54, 1.807) is 0 Å². The lowest BCUT2D eigenvalue weighted by Gasteiger charge is -2.09. The van der Waals surface area contributed by atoms with Gasteiger partial charge < -0.3 is 9.88 Å². The molecule has 0 saturated carbocycles. The molecule has 0 unspecified atom stereocenters. The number of aromatic nitrogens is 1. The largest absolute Gasteiger partial charge is 0.354 e. The van der Waals surface area contributed by atoms with Crippen LogP contribution in [0.5, 0.6) is 0 Å². The second-order valence-electron chi connectivity index (χ2n) is 5.27. The van der Waals surface area contributed by atoms with Crippen LogP contribution in [-0.2, 0) is 7.05 Å². The molecular weight excluding hydrogens is 256 g/mol. The topological polar surface area (TPSA) is 17.0 Å². The van der Waals surface area contributed by atoms with Crippen molar-refractivity contribution >= 4 is 33.2 Å². The van der Waals surface area contributed by atoms with Crippen LogP contribution in [0, 0.1) is 0 Å². The molecular formula is C19H16N2. The second-order valence-corrected chi connectivity index (χ2v) is 5.27. The van der Waals surface area contributed by atoms with Crippen molar-refractivity contribution in [3.05, 3.63) is 72.8 Å². The van der Waals surface area contributed by atoms with Crippen molar-refractivity contribution in [2.75, 3.05) is 5.32 Å². The van der Waals surface area contributed by atoms with Crippen molar-refractivity contribution in [1.82, 2.24) is 4.57 Å². The molecule has 0 atom stereocenters. The second kappa shape index (κ2) is 4.67. The van der Waals surface area contributed by atoms with Crippen LogP contribution in [0.3, 0.4) is 0 Å². The van der Waals surface area contributed by atoms with Crippen LogP contribution in [0.2, 0.25) is 0 Å². The summed E-state index contributed by atoms with van der Waals surface area (Å²) >= 11 is 0. The van der Waals surface area contributed by atoms with Crippen LogP contribution < -0.4 is 5.32 Å². The summed E-state index contributed by atoms with van der Waals surface area (Å²) in [5.74, 6) is 0. The first-order chi connectivity index (χ1) is 10.3. The van der Waals surface area contributed by atoms with Crippen LogP contribution >= 0.6 is 0 Å². The molecule has 0 saturated heterocycles. The third-order valence-corrected chi connectivity index (χ3v) is 3.98. The van der Waals surface area contributed by atoms with Gasteiger partial charge in [0.15, 0.2) is 0 Å². The van der Waals surface area contributed by atoms with Gasteiger partial charge in [0, 0.05) is 29.0 Å². The molecule has 0 aliphatic heterocycles. The zero-order chi connectivity index (χ0) is 14.2. The van der Waals surface area contributed by atoms with E-state index in [1.165, 1.54) is 21.8 Å². The number of hydrogen-bond acceptors (Lipinski definition) is 1. The highest BCUT2D eigenvalue weighted by Gasteiger charge is 2.10. The Morgan fingerprint density at radius 1 is 0.714 bits per heavy atom. The van der Waals surface area contributed by atoms with Gasteiger partial charge in [-0.25, -0.2) is 0 Å². The van der Waals surface area contributed by atoms with Gasteiger partial charge in [-0.3, -0.25) is 0 Å². The van der Waals surface area contributed by atoms with E-state index in [0.29, 0.717) is 0 Å². The molecule has 0 aliphatic carbocycles. The quantitative estimate of drug-likeness (QED) is 0.538. The number of fused-ring (bicyclic) bond motifs is 3. The molecule has 1 N–H and O–H groups in total. The third kappa shape index (κ3) is 1.88. The van der Waals surface area contributed by atoms with E-state index < -0.39 is 0 Å². The number of aryl methyl sites for hydroxylation is 1. The van der Waals surface area contributed by atoms with Gasteiger partial charge in [-0.05, 0) is 24.3 Å². The Kier molecular flexibility index (Phi) is 2.68. The van der Waals surface area contributed by atoms with E-state index in [-0.39, 0.29) is 0 Å². The minimum Gasteiger partial charge on any atom is -0.354 e. The van der Waals surface area contributed by atoms with Gasteiger partial charge in [-0.1, -0.05) is 48.5 Å². The molecule has 4 rings (SSSR count). The van der Waals surface area contributed by atoms with Crippen molar-refractivity contribution < 1.29 is 0 Å². The smallest absolute Gasteiger partial charge is 0.0727 e. The summed E-state index contributed by atoms with van der Waals surface area (Å²) in [6.45, 7) is 0. The van der Waals surface area contributed by atoms with Gasteiger partial charge in [0.2, 0.25) is 0 Å². The average Bonchev–Trinajstić information content (AvgIpc) is 2.83. The zero-order valence-electron chi connectivity index (χ0n) is 11.9. The zero-order valence-corrected chi connectivity index (χ0v) is 11.9. The number of anilines is 2. The molecule has 0 spiro atoms. The van der Waals surface area contributed by atoms with Gasteiger partial charge in [-0.2, -0.15) is 0 Å². The number of hydrogen-bond donors (Lipinski definition) is 1. The molecule has 1 heterocycles. The van der Waals surface area contributed by atoms with Gasteiger partial charge in [0.05, 0.1) is 11.2 Å². The number of nitrogens with zero attached hydrogens (tertiary/aromatic N) is 1. The lowest BCUT2D eigenvalue weighted by Crippen LogP contribution is -1.94. The first-order valence-corrected chi connectivity index (χ1v) is 7.13. The Hall–Kier alpha value is -2.74. The Morgan fingerprint density at radius 2 is 1.43 bits per heavy atom. The van der Waals surface area contributed by atoms with Gasteiger partial charge >= 0.3 is 0 Å². The first-order valence-electron chi connectivity index (χ1n) is 7.13. The summed E-state index contributed by atoms with van der Waals surface area (Å²) in [5, 5.41) is 6.11. The predicted molar refractivity (Wildman–Crippen MR) is 90.1 cm³/mol. The lowest BCUT2D eigenvalue weighted by atomic mass is 10.1. The van der Waals surface area contributed by atoms with Crippen LogP contribution in [0.1, 0.15) is 0 Å². The van der Waals surface area contributed by atoms with Crippen LogP contribution in [0.25, 0.3) is 21.8 Å². The molecule has 2 nitrogen and oxygen atoms in total. The molecule has 0 fully saturated rings. The maximum atomic E-state index is 3.53. The van der Waals surface area contributed by atoms with Crippen LogP contribution in [0.15, 0.2) is 72.8 Å². The molecule has 21 heavy (non-hydrogen) atoms.